The predicted octanol–water partition coefficient (Wildman–Crippen LogP) is 0.374. The Labute approximate surface area is 89.0 Å². The smallest absolute Gasteiger partial charge is 0.363 e. The third-order valence-electron chi connectivity index (χ3n) is 1.63. The first-order valence-corrected chi connectivity index (χ1v) is 4.24. The number of rotatable bonds is 8. The van der Waals surface area contributed by atoms with Gasteiger partial charge in [0.1, 0.15) is 0 Å². The molecular weight excluding hydrogens is 228 g/mol. The van der Waals surface area contributed by atoms with Gasteiger partial charge in [-0.3, -0.25) is 9.68 Å². The molecule has 1 N–H and O–H groups in total. The van der Waals surface area contributed by atoms with Crippen LogP contribution in [0.15, 0.2) is 0 Å². The fourth-order valence-corrected chi connectivity index (χ4v) is 0.943. The van der Waals surface area contributed by atoms with E-state index in [1.54, 1.807) is 6.92 Å². The van der Waals surface area contributed by atoms with Crippen molar-refractivity contribution in [2.24, 2.45) is 0 Å². The maximum atomic E-state index is 10.7. The SMILES string of the molecule is CCCCC(O[N+](=O)[O-])(O[N+](=O)[O-])C(=O)O. The summed E-state index contributed by atoms with van der Waals surface area (Å²) in [6.07, 6.45) is 0.131. The summed E-state index contributed by atoms with van der Waals surface area (Å²) < 4.78 is 0. The molecule has 92 valence electrons. The number of unbranched alkanes of at least 4 members (excludes halogenated alkanes) is 1. The molecule has 0 radical (unpaired) electrons. The third kappa shape index (κ3) is 3.94. The second-order valence-corrected chi connectivity index (χ2v) is 2.79. The van der Waals surface area contributed by atoms with Crippen LogP contribution in [0, 0.1) is 20.2 Å². The van der Waals surface area contributed by atoms with Gasteiger partial charge in [0, 0.05) is 6.42 Å². The van der Waals surface area contributed by atoms with Gasteiger partial charge in [-0.2, -0.15) is 0 Å². The summed E-state index contributed by atoms with van der Waals surface area (Å²) in [6.45, 7) is 1.67. The second-order valence-electron chi connectivity index (χ2n) is 2.79. The molecule has 10 heteroatoms. The Morgan fingerprint density at radius 2 is 1.75 bits per heavy atom. The predicted molar refractivity (Wildman–Crippen MR) is 46.1 cm³/mol. The molecule has 0 rings (SSSR count). The van der Waals surface area contributed by atoms with E-state index in [9.17, 15) is 25.0 Å². The lowest BCUT2D eigenvalue weighted by molar-refractivity contribution is -0.865. The molecule has 0 aliphatic carbocycles. The highest BCUT2D eigenvalue weighted by Gasteiger charge is 2.47. The lowest BCUT2D eigenvalue weighted by Crippen LogP contribution is -2.47. The molecule has 0 aromatic rings. The van der Waals surface area contributed by atoms with E-state index >= 15 is 0 Å². The summed E-state index contributed by atoms with van der Waals surface area (Å²) in [5, 5.41) is 26.0. The molecule has 0 bridgehead atoms. The average molecular weight is 238 g/mol. The zero-order valence-corrected chi connectivity index (χ0v) is 8.32. The first-order valence-electron chi connectivity index (χ1n) is 4.24. The van der Waals surface area contributed by atoms with Crippen LogP contribution >= 0.6 is 0 Å². The van der Waals surface area contributed by atoms with Crippen LogP contribution in [0.1, 0.15) is 26.2 Å². The molecule has 0 aliphatic heterocycles. The Bertz CT molecular complexity index is 274. The summed E-state index contributed by atoms with van der Waals surface area (Å²) in [7, 11) is 0. The van der Waals surface area contributed by atoms with Crippen molar-refractivity contribution in [2.45, 2.75) is 32.0 Å². The van der Waals surface area contributed by atoms with Crippen molar-refractivity contribution in [3.63, 3.8) is 0 Å². The molecule has 0 atom stereocenters. The van der Waals surface area contributed by atoms with E-state index in [0.717, 1.165) is 0 Å². The van der Waals surface area contributed by atoms with Crippen LogP contribution < -0.4 is 0 Å². The van der Waals surface area contributed by atoms with Crippen LogP contribution in [-0.4, -0.2) is 27.0 Å². The van der Waals surface area contributed by atoms with Crippen molar-refractivity contribution in [3.8, 4) is 0 Å². The molecule has 0 amide bonds. The second kappa shape index (κ2) is 5.68. The van der Waals surface area contributed by atoms with Gasteiger partial charge in [0.05, 0.1) is 0 Å². The van der Waals surface area contributed by atoms with Gasteiger partial charge in [0.2, 0.25) is 0 Å². The fourth-order valence-electron chi connectivity index (χ4n) is 0.943. The molecular formula is C6H10N2O8. The van der Waals surface area contributed by atoms with Crippen molar-refractivity contribution in [3.05, 3.63) is 20.2 Å². The van der Waals surface area contributed by atoms with Crippen molar-refractivity contribution in [1.29, 1.82) is 0 Å². The van der Waals surface area contributed by atoms with Crippen LogP contribution in [0.2, 0.25) is 0 Å². The molecule has 0 aromatic carbocycles. The first kappa shape index (κ1) is 13.9. The van der Waals surface area contributed by atoms with Gasteiger partial charge in [-0.05, 0) is 6.42 Å². The molecule has 0 aromatic heterocycles. The number of carboxylic acids is 1. The lowest BCUT2D eigenvalue weighted by atomic mass is 10.1. The molecule has 0 heterocycles. The van der Waals surface area contributed by atoms with Gasteiger partial charge >= 0.3 is 11.8 Å². The highest BCUT2D eigenvalue weighted by atomic mass is 17.1. The standard InChI is InChI=1S/C6H10N2O8/c1-2-3-4-6(5(9)10,15-7(11)12)16-8(13)14/h2-4H2,1H3,(H,9,10). The number of nitrogens with zero attached hydrogens (tertiary/aromatic N) is 2. The highest BCUT2D eigenvalue weighted by molar-refractivity contribution is 5.75. The molecule has 10 nitrogen and oxygen atoms in total. The molecule has 0 fully saturated rings. The maximum Gasteiger partial charge on any atom is 0.363 e. The molecule has 16 heavy (non-hydrogen) atoms. The molecule has 0 aliphatic rings. The Morgan fingerprint density at radius 1 is 1.31 bits per heavy atom. The molecule has 0 spiro atoms. The largest absolute Gasteiger partial charge is 0.478 e. The van der Waals surface area contributed by atoms with E-state index < -0.39 is 28.4 Å². The van der Waals surface area contributed by atoms with E-state index in [1.165, 1.54) is 0 Å². The normalized spacial score (nSPS) is 10.6. The van der Waals surface area contributed by atoms with Gasteiger partial charge < -0.3 is 5.11 Å². The summed E-state index contributed by atoms with van der Waals surface area (Å²) >= 11 is 0. The molecule has 0 unspecified atom stereocenters. The van der Waals surface area contributed by atoms with Crippen LogP contribution in [0.3, 0.4) is 0 Å². The van der Waals surface area contributed by atoms with Crippen LogP contribution in [-0.2, 0) is 14.5 Å². The van der Waals surface area contributed by atoms with E-state index in [2.05, 4.69) is 9.68 Å². The van der Waals surface area contributed by atoms with Gasteiger partial charge in [-0.1, -0.05) is 13.3 Å². The zero-order chi connectivity index (χ0) is 12.8. The quantitative estimate of drug-likeness (QED) is 0.363. The van der Waals surface area contributed by atoms with E-state index in [1.807, 2.05) is 0 Å². The van der Waals surface area contributed by atoms with Crippen molar-refractivity contribution < 1.29 is 29.7 Å². The van der Waals surface area contributed by atoms with E-state index in [4.69, 9.17) is 5.11 Å². The summed E-state index contributed by atoms with van der Waals surface area (Å²) in [6, 6.07) is 0. The van der Waals surface area contributed by atoms with Crippen LogP contribution in [0.25, 0.3) is 0 Å². The lowest BCUT2D eigenvalue weighted by Gasteiger charge is -2.23. The number of carbonyl (C=O) groups is 1. The summed E-state index contributed by atoms with van der Waals surface area (Å²) in [4.78, 5) is 38.4. The minimum atomic E-state index is -2.89. The van der Waals surface area contributed by atoms with Crippen LogP contribution in [0.5, 0.6) is 0 Å². The van der Waals surface area contributed by atoms with Gasteiger partial charge in [-0.25, -0.2) is 4.79 Å². The Kier molecular flexibility index (Phi) is 4.92. The molecule has 0 saturated heterocycles. The van der Waals surface area contributed by atoms with Crippen molar-refractivity contribution in [1.82, 2.24) is 0 Å². The fraction of sp³-hybridized carbons (Fsp3) is 0.833. The van der Waals surface area contributed by atoms with E-state index in [-0.39, 0.29) is 6.42 Å². The Hall–Kier alpha value is -2.13. The third-order valence-corrected chi connectivity index (χ3v) is 1.63. The van der Waals surface area contributed by atoms with Crippen molar-refractivity contribution >= 4 is 5.97 Å². The zero-order valence-electron chi connectivity index (χ0n) is 8.32. The van der Waals surface area contributed by atoms with Gasteiger partial charge in [0.15, 0.2) is 0 Å². The topological polar surface area (TPSA) is 142 Å². The van der Waals surface area contributed by atoms with E-state index in [0.29, 0.717) is 6.42 Å². The maximum absolute atomic E-state index is 10.7. The molecule has 0 saturated carbocycles. The van der Waals surface area contributed by atoms with Gasteiger partial charge in [-0.15, -0.1) is 20.2 Å². The highest BCUT2D eigenvalue weighted by Crippen LogP contribution is 2.22. The van der Waals surface area contributed by atoms with Crippen molar-refractivity contribution in [2.75, 3.05) is 0 Å². The minimum absolute atomic E-state index is 0.161. The first-order chi connectivity index (χ1) is 7.34. The minimum Gasteiger partial charge on any atom is -0.478 e. The number of hydrogen-bond acceptors (Lipinski definition) is 7. The number of carboxylic acid groups (broad SMARTS) is 1. The number of hydrogen-bond donors (Lipinski definition) is 1. The summed E-state index contributed by atoms with van der Waals surface area (Å²) in [5.74, 6) is -4.81. The Morgan fingerprint density at radius 3 is 2.00 bits per heavy atom. The monoisotopic (exact) mass is 238 g/mol. The number of aliphatic carboxylic acids is 1. The average Bonchev–Trinajstić information content (AvgIpc) is 2.11. The van der Waals surface area contributed by atoms with Crippen LogP contribution in [0.4, 0.5) is 0 Å². The van der Waals surface area contributed by atoms with Gasteiger partial charge in [0.25, 0.3) is 10.2 Å². The Balaban J connectivity index is 4.95. The summed E-state index contributed by atoms with van der Waals surface area (Å²) in [5.41, 5.74) is 0.